The van der Waals surface area contributed by atoms with Crippen LogP contribution < -0.4 is 10.2 Å². The molecule has 1 aromatic heterocycles. The van der Waals surface area contributed by atoms with E-state index >= 15 is 0 Å². The first-order chi connectivity index (χ1) is 11.7. The summed E-state index contributed by atoms with van der Waals surface area (Å²) in [6.45, 7) is 5.68. The standard InChI is InChI=1S/C19H29N5/c1-14-13-22(3)10-11-23(14)16-8-9-17-18(12-16)24(19(20-2)21-17)15-6-4-5-7-15/h8-9,12,14-15H,4-7,10-11,13H2,1-3H3,(H,20,21)/t14-/m0/s1. The predicted molar refractivity (Wildman–Crippen MR) is 101 cm³/mol. The van der Waals surface area contributed by atoms with Gasteiger partial charge in [-0.3, -0.25) is 0 Å². The van der Waals surface area contributed by atoms with Gasteiger partial charge in [0.1, 0.15) is 0 Å². The Morgan fingerprint density at radius 2 is 1.96 bits per heavy atom. The lowest BCUT2D eigenvalue weighted by Gasteiger charge is -2.39. The van der Waals surface area contributed by atoms with Crippen LogP contribution in [0.25, 0.3) is 11.0 Å². The molecule has 24 heavy (non-hydrogen) atoms. The topological polar surface area (TPSA) is 36.3 Å². The molecule has 1 saturated carbocycles. The zero-order valence-corrected chi connectivity index (χ0v) is 15.1. The molecule has 1 saturated heterocycles. The van der Waals surface area contributed by atoms with E-state index in [1.54, 1.807) is 0 Å². The van der Waals surface area contributed by atoms with Crippen molar-refractivity contribution in [3.05, 3.63) is 18.2 Å². The van der Waals surface area contributed by atoms with Crippen LogP contribution >= 0.6 is 0 Å². The monoisotopic (exact) mass is 327 g/mol. The van der Waals surface area contributed by atoms with Gasteiger partial charge in [-0.25, -0.2) is 4.98 Å². The highest BCUT2D eigenvalue weighted by molar-refractivity contribution is 5.83. The molecule has 0 spiro atoms. The maximum atomic E-state index is 4.82. The molecule has 2 aliphatic rings. The number of nitrogens with one attached hydrogen (secondary N) is 1. The van der Waals surface area contributed by atoms with Crippen LogP contribution in [0.1, 0.15) is 38.6 Å². The lowest BCUT2D eigenvalue weighted by molar-refractivity contribution is 0.275. The first-order valence-corrected chi connectivity index (χ1v) is 9.32. The second kappa shape index (κ2) is 6.28. The minimum Gasteiger partial charge on any atom is -0.366 e. The number of anilines is 2. The molecule has 1 N–H and O–H groups in total. The molecule has 2 heterocycles. The Kier molecular flexibility index (Phi) is 4.12. The fourth-order valence-corrected chi connectivity index (χ4v) is 4.49. The van der Waals surface area contributed by atoms with Gasteiger partial charge < -0.3 is 19.7 Å². The molecule has 1 atom stereocenters. The fraction of sp³-hybridized carbons (Fsp3) is 0.632. The summed E-state index contributed by atoms with van der Waals surface area (Å²) in [4.78, 5) is 9.78. The average Bonchev–Trinajstić information content (AvgIpc) is 3.20. The van der Waals surface area contributed by atoms with Crippen molar-refractivity contribution in [1.29, 1.82) is 0 Å². The molecule has 2 fully saturated rings. The summed E-state index contributed by atoms with van der Waals surface area (Å²) in [7, 11) is 4.20. The Balaban J connectivity index is 1.75. The molecular weight excluding hydrogens is 298 g/mol. The number of benzene rings is 1. The largest absolute Gasteiger partial charge is 0.366 e. The molecule has 130 valence electrons. The Labute approximate surface area is 144 Å². The molecule has 0 unspecified atom stereocenters. The van der Waals surface area contributed by atoms with Gasteiger partial charge in [0, 0.05) is 44.5 Å². The number of rotatable bonds is 3. The zero-order valence-electron chi connectivity index (χ0n) is 15.1. The Morgan fingerprint density at radius 3 is 2.67 bits per heavy atom. The van der Waals surface area contributed by atoms with Crippen molar-refractivity contribution < 1.29 is 0 Å². The summed E-state index contributed by atoms with van der Waals surface area (Å²) < 4.78 is 2.45. The van der Waals surface area contributed by atoms with Crippen molar-refractivity contribution in [2.75, 3.05) is 43.9 Å². The minimum absolute atomic E-state index is 0.549. The first kappa shape index (κ1) is 15.8. The van der Waals surface area contributed by atoms with E-state index in [-0.39, 0.29) is 0 Å². The Morgan fingerprint density at radius 1 is 1.17 bits per heavy atom. The average molecular weight is 327 g/mol. The number of piperazine rings is 1. The molecule has 1 aromatic carbocycles. The van der Waals surface area contributed by atoms with Crippen molar-refractivity contribution in [3.8, 4) is 0 Å². The van der Waals surface area contributed by atoms with Gasteiger partial charge in [-0.1, -0.05) is 12.8 Å². The molecule has 0 bridgehead atoms. The quantitative estimate of drug-likeness (QED) is 0.938. The number of hydrogen-bond acceptors (Lipinski definition) is 4. The van der Waals surface area contributed by atoms with Gasteiger partial charge in [0.2, 0.25) is 5.95 Å². The number of imidazole rings is 1. The van der Waals surface area contributed by atoms with Crippen molar-refractivity contribution in [1.82, 2.24) is 14.5 Å². The Hall–Kier alpha value is -1.75. The third-order valence-electron chi connectivity index (χ3n) is 5.75. The van der Waals surface area contributed by atoms with E-state index in [1.165, 1.54) is 36.9 Å². The van der Waals surface area contributed by atoms with E-state index in [9.17, 15) is 0 Å². The third-order valence-corrected chi connectivity index (χ3v) is 5.75. The number of likely N-dealkylation sites (N-methyl/N-ethyl adjacent to an activating group) is 1. The number of aromatic nitrogens is 2. The Bertz CT molecular complexity index is 716. The van der Waals surface area contributed by atoms with Crippen LogP contribution in [0.3, 0.4) is 0 Å². The highest BCUT2D eigenvalue weighted by Gasteiger charge is 2.25. The first-order valence-electron chi connectivity index (χ1n) is 9.32. The van der Waals surface area contributed by atoms with Gasteiger partial charge in [-0.2, -0.15) is 0 Å². The van der Waals surface area contributed by atoms with Crippen LogP contribution in [0.15, 0.2) is 18.2 Å². The van der Waals surface area contributed by atoms with Gasteiger partial charge in [0.25, 0.3) is 0 Å². The summed E-state index contributed by atoms with van der Waals surface area (Å²) in [6, 6.07) is 7.95. The molecular formula is C19H29N5. The molecule has 1 aliphatic heterocycles. The van der Waals surface area contributed by atoms with Crippen molar-refractivity contribution in [3.63, 3.8) is 0 Å². The van der Waals surface area contributed by atoms with Crippen LogP contribution in [0.2, 0.25) is 0 Å². The highest BCUT2D eigenvalue weighted by Crippen LogP contribution is 2.36. The molecule has 4 rings (SSSR count). The van der Waals surface area contributed by atoms with Gasteiger partial charge in [-0.05, 0) is 45.0 Å². The smallest absolute Gasteiger partial charge is 0.203 e. The zero-order chi connectivity index (χ0) is 16.7. The summed E-state index contributed by atoms with van der Waals surface area (Å²) >= 11 is 0. The maximum Gasteiger partial charge on any atom is 0.203 e. The van der Waals surface area contributed by atoms with Crippen LogP contribution in [-0.2, 0) is 0 Å². The highest BCUT2D eigenvalue weighted by atomic mass is 15.3. The van der Waals surface area contributed by atoms with Crippen LogP contribution in [0, 0.1) is 0 Å². The van der Waals surface area contributed by atoms with Gasteiger partial charge >= 0.3 is 0 Å². The second-order valence-corrected chi connectivity index (χ2v) is 7.47. The SMILES string of the molecule is CNc1nc2ccc(N3CCN(C)C[C@@H]3C)cc2n1C1CCCC1. The molecule has 0 radical (unpaired) electrons. The van der Waals surface area contributed by atoms with Crippen LogP contribution in [-0.4, -0.2) is 54.2 Å². The van der Waals surface area contributed by atoms with E-state index in [1.807, 2.05) is 7.05 Å². The lowest BCUT2D eigenvalue weighted by atomic mass is 10.1. The summed E-state index contributed by atoms with van der Waals surface area (Å²) in [5, 5.41) is 3.31. The fourth-order valence-electron chi connectivity index (χ4n) is 4.49. The van der Waals surface area contributed by atoms with Crippen LogP contribution in [0.5, 0.6) is 0 Å². The van der Waals surface area contributed by atoms with Crippen molar-refractivity contribution in [2.24, 2.45) is 0 Å². The molecule has 1 aliphatic carbocycles. The molecule has 0 amide bonds. The van der Waals surface area contributed by atoms with Crippen molar-refractivity contribution >= 4 is 22.7 Å². The lowest BCUT2D eigenvalue weighted by Crippen LogP contribution is -2.50. The summed E-state index contributed by atoms with van der Waals surface area (Å²) in [6.07, 6.45) is 5.22. The number of hydrogen-bond donors (Lipinski definition) is 1. The third kappa shape index (κ3) is 2.65. The molecule has 2 aromatic rings. The summed E-state index contributed by atoms with van der Waals surface area (Å²) in [5.41, 5.74) is 3.73. The maximum absolute atomic E-state index is 4.82. The molecule has 5 nitrogen and oxygen atoms in total. The molecule has 5 heteroatoms. The van der Waals surface area contributed by atoms with Gasteiger partial charge in [0.05, 0.1) is 11.0 Å². The van der Waals surface area contributed by atoms with E-state index in [0.717, 1.165) is 31.1 Å². The predicted octanol–water partition coefficient (Wildman–Crippen LogP) is 3.33. The number of fused-ring (bicyclic) bond motifs is 1. The van der Waals surface area contributed by atoms with Gasteiger partial charge in [0.15, 0.2) is 0 Å². The van der Waals surface area contributed by atoms with Crippen molar-refractivity contribution in [2.45, 2.75) is 44.7 Å². The van der Waals surface area contributed by atoms with E-state index in [2.05, 4.69) is 51.9 Å². The van der Waals surface area contributed by atoms with E-state index in [4.69, 9.17) is 4.98 Å². The second-order valence-electron chi connectivity index (χ2n) is 7.47. The normalized spacial score (nSPS) is 23.3. The van der Waals surface area contributed by atoms with Crippen LogP contribution in [0.4, 0.5) is 11.6 Å². The minimum atomic E-state index is 0.549. The number of nitrogens with zero attached hydrogens (tertiary/aromatic N) is 4. The van der Waals surface area contributed by atoms with Gasteiger partial charge in [-0.15, -0.1) is 0 Å². The summed E-state index contributed by atoms with van der Waals surface area (Å²) in [5.74, 6) is 1.01. The van der Waals surface area contributed by atoms with E-state index in [0.29, 0.717) is 12.1 Å². The van der Waals surface area contributed by atoms with E-state index < -0.39 is 0 Å².